The summed E-state index contributed by atoms with van der Waals surface area (Å²) in [6.07, 6.45) is 7.82. The Morgan fingerprint density at radius 1 is 1.24 bits per heavy atom. The molecule has 0 amide bonds. The molecule has 1 unspecified atom stereocenters. The molecule has 94 valence electrons. The van der Waals surface area contributed by atoms with Crippen LogP contribution >= 0.6 is 15.9 Å². The van der Waals surface area contributed by atoms with Gasteiger partial charge in [-0.25, -0.2) is 0 Å². The molecule has 2 nitrogen and oxygen atoms in total. The lowest BCUT2D eigenvalue weighted by Gasteiger charge is -2.19. The highest BCUT2D eigenvalue weighted by Gasteiger charge is 2.19. The summed E-state index contributed by atoms with van der Waals surface area (Å²) in [6.45, 7) is 0. The first-order chi connectivity index (χ1) is 8.28. The molecule has 0 aromatic heterocycles. The highest BCUT2D eigenvalue weighted by Crippen LogP contribution is 2.29. The summed E-state index contributed by atoms with van der Waals surface area (Å²) >= 11 is 3.46. The van der Waals surface area contributed by atoms with Gasteiger partial charge in [0.05, 0.1) is 0 Å². The van der Waals surface area contributed by atoms with Crippen LogP contribution in [0.1, 0.15) is 37.7 Å². The third-order valence-corrected chi connectivity index (χ3v) is 4.25. The molecule has 3 N–H and O–H groups in total. The third kappa shape index (κ3) is 4.09. The molecule has 1 aliphatic rings. The van der Waals surface area contributed by atoms with Crippen molar-refractivity contribution in [3.05, 3.63) is 34.3 Å². The first kappa shape index (κ1) is 13.1. The lowest BCUT2D eigenvalue weighted by molar-refractivity contribution is 0.389. The Hall–Kier alpha value is -0.380. The summed E-state index contributed by atoms with van der Waals surface area (Å²) in [5, 5.41) is 0. The first-order valence-corrected chi connectivity index (χ1v) is 7.28. The number of hydrazine groups is 1. The molecule has 2 rings (SSSR count). The van der Waals surface area contributed by atoms with E-state index in [0.29, 0.717) is 6.04 Å². The first-order valence-electron chi connectivity index (χ1n) is 6.48. The van der Waals surface area contributed by atoms with Crippen LogP contribution in [-0.2, 0) is 6.42 Å². The summed E-state index contributed by atoms with van der Waals surface area (Å²) in [6, 6.07) is 8.95. The molecule has 0 bridgehead atoms. The molecule has 1 aliphatic carbocycles. The largest absolute Gasteiger partial charge is 0.271 e. The van der Waals surface area contributed by atoms with E-state index in [1.54, 1.807) is 0 Å². The fourth-order valence-electron chi connectivity index (χ4n) is 2.76. The van der Waals surface area contributed by atoms with E-state index < -0.39 is 0 Å². The van der Waals surface area contributed by atoms with Gasteiger partial charge in [0.2, 0.25) is 0 Å². The topological polar surface area (TPSA) is 38.0 Å². The minimum atomic E-state index is 0.416. The van der Waals surface area contributed by atoms with Crippen LogP contribution in [0.25, 0.3) is 0 Å². The highest BCUT2D eigenvalue weighted by atomic mass is 79.9. The number of hydrogen-bond acceptors (Lipinski definition) is 2. The monoisotopic (exact) mass is 296 g/mol. The molecule has 0 radical (unpaired) electrons. The Kier molecular flexibility index (Phi) is 5.01. The zero-order chi connectivity index (χ0) is 12.1. The molecule has 1 saturated carbocycles. The van der Waals surface area contributed by atoms with E-state index in [-0.39, 0.29) is 0 Å². The van der Waals surface area contributed by atoms with Crippen LogP contribution in [-0.4, -0.2) is 6.04 Å². The number of nitrogens with two attached hydrogens (primary N) is 1. The SMILES string of the molecule is NNC(Cc1ccc(Br)cc1)CC1CCCC1. The van der Waals surface area contributed by atoms with Crippen molar-refractivity contribution in [3.63, 3.8) is 0 Å². The van der Waals surface area contributed by atoms with Crippen LogP contribution in [0.2, 0.25) is 0 Å². The van der Waals surface area contributed by atoms with Crippen molar-refractivity contribution < 1.29 is 0 Å². The maximum Gasteiger partial charge on any atom is 0.0253 e. The number of hydrogen-bond donors (Lipinski definition) is 2. The lowest BCUT2D eigenvalue weighted by atomic mass is 9.94. The Morgan fingerprint density at radius 3 is 2.47 bits per heavy atom. The average Bonchev–Trinajstić information content (AvgIpc) is 2.84. The van der Waals surface area contributed by atoms with E-state index in [1.165, 1.54) is 37.7 Å². The summed E-state index contributed by atoms with van der Waals surface area (Å²) in [5.41, 5.74) is 4.34. The Balaban J connectivity index is 1.87. The predicted octanol–water partition coefficient (Wildman–Crippen LogP) is 3.40. The summed E-state index contributed by atoms with van der Waals surface area (Å²) in [7, 11) is 0. The van der Waals surface area contributed by atoms with E-state index in [2.05, 4.69) is 45.6 Å². The van der Waals surface area contributed by atoms with E-state index in [0.717, 1.165) is 16.8 Å². The van der Waals surface area contributed by atoms with Gasteiger partial charge < -0.3 is 0 Å². The normalized spacial score (nSPS) is 18.5. The van der Waals surface area contributed by atoms with Gasteiger partial charge in [-0.15, -0.1) is 0 Å². The maximum absolute atomic E-state index is 5.67. The number of benzene rings is 1. The Morgan fingerprint density at radius 2 is 1.88 bits per heavy atom. The minimum absolute atomic E-state index is 0.416. The van der Waals surface area contributed by atoms with Crippen molar-refractivity contribution >= 4 is 15.9 Å². The Bertz CT molecular complexity index is 331. The smallest absolute Gasteiger partial charge is 0.0253 e. The van der Waals surface area contributed by atoms with E-state index in [9.17, 15) is 0 Å². The van der Waals surface area contributed by atoms with Crippen LogP contribution in [0.3, 0.4) is 0 Å². The van der Waals surface area contributed by atoms with Crippen molar-refractivity contribution in [2.45, 2.75) is 44.6 Å². The number of rotatable bonds is 5. The Labute approximate surface area is 112 Å². The zero-order valence-corrected chi connectivity index (χ0v) is 11.7. The molecule has 0 heterocycles. The van der Waals surface area contributed by atoms with Crippen LogP contribution in [0.4, 0.5) is 0 Å². The number of halogens is 1. The van der Waals surface area contributed by atoms with Crippen LogP contribution in [0.5, 0.6) is 0 Å². The summed E-state index contributed by atoms with van der Waals surface area (Å²) < 4.78 is 1.13. The van der Waals surface area contributed by atoms with Gasteiger partial charge in [0.1, 0.15) is 0 Å². The third-order valence-electron chi connectivity index (χ3n) is 3.72. The standard InChI is InChI=1S/C14H21BrN2/c15-13-7-5-12(6-8-13)10-14(17-16)9-11-3-1-2-4-11/h5-8,11,14,17H,1-4,9-10,16H2. The van der Waals surface area contributed by atoms with Gasteiger partial charge in [-0.2, -0.15) is 0 Å². The van der Waals surface area contributed by atoms with Gasteiger partial charge in [-0.3, -0.25) is 11.3 Å². The predicted molar refractivity (Wildman–Crippen MR) is 75.5 cm³/mol. The van der Waals surface area contributed by atoms with Gasteiger partial charge in [0.15, 0.2) is 0 Å². The minimum Gasteiger partial charge on any atom is -0.271 e. The average molecular weight is 297 g/mol. The molecule has 1 aromatic rings. The molecule has 17 heavy (non-hydrogen) atoms. The second-order valence-electron chi connectivity index (χ2n) is 5.08. The van der Waals surface area contributed by atoms with E-state index >= 15 is 0 Å². The highest BCUT2D eigenvalue weighted by molar-refractivity contribution is 9.10. The van der Waals surface area contributed by atoms with Crippen LogP contribution in [0.15, 0.2) is 28.7 Å². The molecular weight excluding hydrogens is 276 g/mol. The molecule has 3 heteroatoms. The van der Waals surface area contributed by atoms with Crippen molar-refractivity contribution in [3.8, 4) is 0 Å². The van der Waals surface area contributed by atoms with Gasteiger partial charge in [0.25, 0.3) is 0 Å². The quantitative estimate of drug-likeness (QED) is 0.645. The van der Waals surface area contributed by atoms with Gasteiger partial charge in [-0.05, 0) is 36.5 Å². The van der Waals surface area contributed by atoms with Crippen molar-refractivity contribution in [2.24, 2.45) is 11.8 Å². The summed E-state index contributed by atoms with van der Waals surface area (Å²) in [5.74, 6) is 6.55. The van der Waals surface area contributed by atoms with Crippen molar-refractivity contribution in [1.82, 2.24) is 5.43 Å². The fourth-order valence-corrected chi connectivity index (χ4v) is 3.03. The zero-order valence-electron chi connectivity index (χ0n) is 10.2. The fraction of sp³-hybridized carbons (Fsp3) is 0.571. The second kappa shape index (κ2) is 6.53. The molecule has 0 saturated heterocycles. The van der Waals surface area contributed by atoms with Gasteiger partial charge >= 0.3 is 0 Å². The second-order valence-corrected chi connectivity index (χ2v) is 6.00. The molecular formula is C14H21BrN2. The molecule has 0 aliphatic heterocycles. The maximum atomic E-state index is 5.67. The molecule has 0 spiro atoms. The lowest BCUT2D eigenvalue weighted by Crippen LogP contribution is -2.38. The van der Waals surface area contributed by atoms with E-state index in [1.807, 2.05) is 0 Å². The number of nitrogens with one attached hydrogen (secondary N) is 1. The summed E-state index contributed by atoms with van der Waals surface area (Å²) in [4.78, 5) is 0. The van der Waals surface area contributed by atoms with Crippen LogP contribution in [0, 0.1) is 5.92 Å². The van der Waals surface area contributed by atoms with Crippen molar-refractivity contribution in [2.75, 3.05) is 0 Å². The van der Waals surface area contributed by atoms with Crippen molar-refractivity contribution in [1.29, 1.82) is 0 Å². The van der Waals surface area contributed by atoms with Gasteiger partial charge in [0, 0.05) is 10.5 Å². The van der Waals surface area contributed by atoms with Crippen LogP contribution < -0.4 is 11.3 Å². The van der Waals surface area contributed by atoms with E-state index in [4.69, 9.17) is 5.84 Å². The van der Waals surface area contributed by atoms with Gasteiger partial charge in [-0.1, -0.05) is 53.7 Å². The molecule has 1 fully saturated rings. The molecule has 1 atom stereocenters. The molecule has 1 aromatic carbocycles.